The SMILES string of the molecule is Cc1ccccc1-c1c[n+]2c3ccccc3c3ccc[n+](C)c3c2n1C. The molecule has 3 heterocycles. The molecule has 0 aliphatic carbocycles. The molecule has 5 aromatic rings. The van der Waals surface area contributed by atoms with Crippen molar-refractivity contribution in [1.82, 2.24) is 4.57 Å². The third-order valence-corrected chi connectivity index (χ3v) is 5.43. The van der Waals surface area contributed by atoms with E-state index in [1.807, 2.05) is 0 Å². The molecule has 0 unspecified atom stereocenters. The van der Waals surface area contributed by atoms with Gasteiger partial charge in [0.2, 0.25) is 0 Å². The number of pyridine rings is 2. The Balaban J connectivity index is 2.06. The minimum absolute atomic E-state index is 1.21. The van der Waals surface area contributed by atoms with Crippen molar-refractivity contribution >= 4 is 27.5 Å². The molecular weight excluding hydrogens is 318 g/mol. The minimum atomic E-state index is 1.21. The Labute approximate surface area is 152 Å². The number of hydrogen-bond acceptors (Lipinski definition) is 0. The molecular formula is C23H21N3+2. The highest BCUT2D eigenvalue weighted by Gasteiger charge is 2.27. The van der Waals surface area contributed by atoms with Gasteiger partial charge in [0.1, 0.15) is 18.8 Å². The van der Waals surface area contributed by atoms with Gasteiger partial charge in [0.05, 0.1) is 12.4 Å². The van der Waals surface area contributed by atoms with Crippen molar-refractivity contribution in [2.24, 2.45) is 14.1 Å². The normalized spacial score (nSPS) is 11.7. The fourth-order valence-electron chi connectivity index (χ4n) is 4.13. The Morgan fingerprint density at radius 1 is 0.846 bits per heavy atom. The fourth-order valence-corrected chi connectivity index (χ4v) is 4.13. The molecule has 0 fully saturated rings. The number of fused-ring (bicyclic) bond motifs is 6. The second kappa shape index (κ2) is 5.40. The summed E-state index contributed by atoms with van der Waals surface area (Å²) in [5.41, 5.74) is 7.47. The number of para-hydroxylation sites is 1. The zero-order valence-corrected chi connectivity index (χ0v) is 15.3. The first kappa shape index (κ1) is 15.1. The van der Waals surface area contributed by atoms with E-state index in [4.69, 9.17) is 0 Å². The fraction of sp³-hybridized carbons (Fsp3) is 0.130. The summed E-state index contributed by atoms with van der Waals surface area (Å²) >= 11 is 0. The first-order chi connectivity index (χ1) is 12.7. The molecule has 0 saturated carbocycles. The number of rotatable bonds is 1. The molecule has 26 heavy (non-hydrogen) atoms. The molecule has 0 atom stereocenters. The summed E-state index contributed by atoms with van der Waals surface area (Å²) in [5.74, 6) is 0. The number of nitrogens with zero attached hydrogens (tertiary/aromatic N) is 3. The number of hydrogen-bond donors (Lipinski definition) is 0. The lowest BCUT2D eigenvalue weighted by Crippen LogP contribution is -2.33. The maximum Gasteiger partial charge on any atom is 0.360 e. The lowest BCUT2D eigenvalue weighted by Gasteiger charge is -2.03. The second-order valence-electron chi connectivity index (χ2n) is 6.98. The van der Waals surface area contributed by atoms with Crippen LogP contribution in [0.25, 0.3) is 38.7 Å². The van der Waals surface area contributed by atoms with Gasteiger partial charge >= 0.3 is 11.2 Å². The van der Waals surface area contributed by atoms with E-state index in [-0.39, 0.29) is 0 Å². The third-order valence-electron chi connectivity index (χ3n) is 5.43. The molecule has 2 aromatic carbocycles. The van der Waals surface area contributed by atoms with Crippen molar-refractivity contribution in [3.63, 3.8) is 0 Å². The molecule has 126 valence electrons. The van der Waals surface area contributed by atoms with Gasteiger partial charge in [-0.3, -0.25) is 0 Å². The van der Waals surface area contributed by atoms with Gasteiger partial charge in [0, 0.05) is 17.0 Å². The van der Waals surface area contributed by atoms with Crippen molar-refractivity contribution in [1.29, 1.82) is 0 Å². The zero-order valence-electron chi connectivity index (χ0n) is 15.3. The average Bonchev–Trinajstić information content (AvgIpc) is 3.00. The van der Waals surface area contributed by atoms with Gasteiger partial charge in [-0.05, 0) is 30.7 Å². The zero-order chi connectivity index (χ0) is 17.8. The van der Waals surface area contributed by atoms with Crippen molar-refractivity contribution in [2.75, 3.05) is 0 Å². The molecule has 0 spiro atoms. The van der Waals surface area contributed by atoms with Crippen molar-refractivity contribution < 1.29 is 8.97 Å². The summed E-state index contributed by atoms with van der Waals surface area (Å²) in [5, 5.41) is 2.56. The molecule has 0 saturated heterocycles. The van der Waals surface area contributed by atoms with Crippen LogP contribution in [0.4, 0.5) is 0 Å². The maximum atomic E-state index is 2.33. The van der Waals surface area contributed by atoms with Crippen LogP contribution in [-0.4, -0.2) is 4.57 Å². The van der Waals surface area contributed by atoms with E-state index in [0.29, 0.717) is 0 Å². The lowest BCUT2D eigenvalue weighted by atomic mass is 10.1. The predicted molar refractivity (Wildman–Crippen MR) is 105 cm³/mol. The first-order valence-corrected chi connectivity index (χ1v) is 8.93. The molecule has 5 rings (SSSR count). The van der Waals surface area contributed by atoms with Crippen LogP contribution in [0.3, 0.4) is 0 Å². The summed E-state index contributed by atoms with van der Waals surface area (Å²) < 4.78 is 6.87. The van der Waals surface area contributed by atoms with E-state index >= 15 is 0 Å². The standard InChI is InChI=1S/C23H21N3/c1-16-9-4-5-10-17(16)21-15-26-20-13-7-6-11-18(20)19-12-8-14-24(2)22(19)23(26)25(21)3/h4-15H,1-3H3/q+2. The van der Waals surface area contributed by atoms with Crippen LogP contribution in [0.5, 0.6) is 0 Å². The molecule has 0 radical (unpaired) electrons. The maximum absolute atomic E-state index is 2.33. The monoisotopic (exact) mass is 339 g/mol. The van der Waals surface area contributed by atoms with Gasteiger partial charge in [0.15, 0.2) is 11.9 Å². The first-order valence-electron chi connectivity index (χ1n) is 8.93. The highest BCUT2D eigenvalue weighted by molar-refractivity contribution is 6.06. The van der Waals surface area contributed by atoms with Crippen LogP contribution in [0.15, 0.2) is 73.1 Å². The molecule has 0 bridgehead atoms. The van der Waals surface area contributed by atoms with E-state index in [1.54, 1.807) is 0 Å². The van der Waals surface area contributed by atoms with E-state index < -0.39 is 0 Å². The van der Waals surface area contributed by atoms with Crippen LogP contribution in [0, 0.1) is 6.92 Å². The van der Waals surface area contributed by atoms with Crippen LogP contribution in [0.1, 0.15) is 5.56 Å². The number of aromatic nitrogens is 3. The van der Waals surface area contributed by atoms with Crippen LogP contribution in [0.2, 0.25) is 0 Å². The largest absolute Gasteiger partial charge is 0.360 e. The highest BCUT2D eigenvalue weighted by Crippen LogP contribution is 2.28. The second-order valence-corrected chi connectivity index (χ2v) is 6.98. The summed E-state index contributed by atoms with van der Waals surface area (Å²) in [6, 6.07) is 21.6. The van der Waals surface area contributed by atoms with Crippen molar-refractivity contribution in [3.05, 3.63) is 78.6 Å². The topological polar surface area (TPSA) is 12.9 Å². The highest BCUT2D eigenvalue weighted by atomic mass is 15.1. The third kappa shape index (κ3) is 1.94. The summed E-state index contributed by atoms with van der Waals surface area (Å²) in [6.07, 6.45) is 4.39. The van der Waals surface area contributed by atoms with Crippen molar-refractivity contribution in [2.45, 2.75) is 6.92 Å². The Morgan fingerprint density at radius 2 is 1.58 bits per heavy atom. The van der Waals surface area contributed by atoms with E-state index in [0.717, 1.165) is 0 Å². The predicted octanol–water partition coefficient (Wildman–Crippen LogP) is 3.87. The van der Waals surface area contributed by atoms with E-state index in [2.05, 4.69) is 108 Å². The summed E-state index contributed by atoms with van der Waals surface area (Å²) in [6.45, 7) is 2.17. The molecule has 3 nitrogen and oxygen atoms in total. The quantitative estimate of drug-likeness (QED) is 0.325. The summed E-state index contributed by atoms with van der Waals surface area (Å²) in [4.78, 5) is 0. The molecule has 3 aromatic heterocycles. The molecule has 0 amide bonds. The van der Waals surface area contributed by atoms with Gasteiger partial charge < -0.3 is 0 Å². The number of benzene rings is 2. The van der Waals surface area contributed by atoms with Crippen LogP contribution < -0.4 is 8.97 Å². The number of imidazole rings is 1. The molecule has 0 N–H and O–H groups in total. The van der Waals surface area contributed by atoms with Gasteiger partial charge in [0.25, 0.3) is 0 Å². The Kier molecular flexibility index (Phi) is 3.13. The van der Waals surface area contributed by atoms with Gasteiger partial charge in [-0.2, -0.15) is 8.97 Å². The van der Waals surface area contributed by atoms with Crippen LogP contribution >= 0.6 is 0 Å². The Hall–Kier alpha value is -3.20. The molecule has 0 aliphatic heterocycles. The number of aryl methyl sites for hydroxylation is 3. The molecule has 0 aliphatic rings. The Morgan fingerprint density at radius 3 is 2.42 bits per heavy atom. The van der Waals surface area contributed by atoms with E-state index in [1.165, 1.54) is 44.3 Å². The summed E-state index contributed by atoms with van der Waals surface area (Å²) in [7, 11) is 4.29. The average molecular weight is 339 g/mol. The van der Waals surface area contributed by atoms with Gasteiger partial charge in [-0.25, -0.2) is 4.57 Å². The smallest absolute Gasteiger partial charge is 0.220 e. The minimum Gasteiger partial charge on any atom is -0.220 e. The Bertz CT molecular complexity index is 1310. The van der Waals surface area contributed by atoms with Gasteiger partial charge in [-0.15, -0.1) is 0 Å². The van der Waals surface area contributed by atoms with E-state index in [9.17, 15) is 0 Å². The van der Waals surface area contributed by atoms with Crippen molar-refractivity contribution in [3.8, 4) is 11.3 Å². The van der Waals surface area contributed by atoms with Gasteiger partial charge in [-0.1, -0.05) is 36.4 Å². The van der Waals surface area contributed by atoms with Crippen LogP contribution in [-0.2, 0) is 14.1 Å². The molecule has 3 heteroatoms. The lowest BCUT2D eigenvalue weighted by molar-refractivity contribution is -0.646.